The Bertz CT molecular complexity index is 464. The smallest absolute Gasteiger partial charge is 0.0375 e. The summed E-state index contributed by atoms with van der Waals surface area (Å²) in [6, 6.07) is 7.60. The van der Waals surface area contributed by atoms with Crippen LogP contribution in [0.4, 0.5) is 5.69 Å². The lowest BCUT2D eigenvalue weighted by Crippen LogP contribution is -2.26. The van der Waals surface area contributed by atoms with E-state index in [2.05, 4.69) is 51.4 Å². The molecule has 116 valence electrons. The van der Waals surface area contributed by atoms with Gasteiger partial charge in [0.2, 0.25) is 0 Å². The highest BCUT2D eigenvalue weighted by atomic mass is 79.9. The molecule has 3 rings (SSSR count). The van der Waals surface area contributed by atoms with E-state index in [-0.39, 0.29) is 0 Å². The molecule has 0 atom stereocenters. The van der Waals surface area contributed by atoms with E-state index in [0.717, 1.165) is 18.5 Å². The predicted molar refractivity (Wildman–Crippen MR) is 93.8 cm³/mol. The zero-order valence-corrected chi connectivity index (χ0v) is 14.7. The second-order valence-electron chi connectivity index (χ2n) is 6.82. The Kier molecular flexibility index (Phi) is 5.23. The van der Waals surface area contributed by atoms with Gasteiger partial charge in [0.1, 0.15) is 0 Å². The Balaban J connectivity index is 1.57. The van der Waals surface area contributed by atoms with Gasteiger partial charge in [0.05, 0.1) is 0 Å². The SMILES string of the molecule is CN(CC1CCCCC1)c1ccc(CNC2CC2)c(Br)c1. The second kappa shape index (κ2) is 7.15. The maximum atomic E-state index is 3.74. The minimum Gasteiger partial charge on any atom is -0.374 e. The molecule has 3 heteroatoms. The van der Waals surface area contributed by atoms with Crippen molar-refractivity contribution in [1.82, 2.24) is 5.32 Å². The lowest BCUT2D eigenvalue weighted by molar-refractivity contribution is 0.362. The van der Waals surface area contributed by atoms with Gasteiger partial charge in [0.25, 0.3) is 0 Å². The largest absolute Gasteiger partial charge is 0.374 e. The van der Waals surface area contributed by atoms with E-state index in [9.17, 15) is 0 Å². The fourth-order valence-electron chi connectivity index (χ4n) is 3.32. The van der Waals surface area contributed by atoms with Crippen molar-refractivity contribution >= 4 is 21.6 Å². The van der Waals surface area contributed by atoms with Gasteiger partial charge in [-0.25, -0.2) is 0 Å². The monoisotopic (exact) mass is 350 g/mol. The fourth-order valence-corrected chi connectivity index (χ4v) is 3.83. The van der Waals surface area contributed by atoms with Gasteiger partial charge in [-0.1, -0.05) is 41.3 Å². The molecule has 0 aliphatic heterocycles. The summed E-state index contributed by atoms with van der Waals surface area (Å²) < 4.78 is 1.24. The minimum absolute atomic E-state index is 0.769. The zero-order chi connectivity index (χ0) is 14.7. The predicted octanol–water partition coefficient (Wildman–Crippen LogP) is 4.72. The molecule has 21 heavy (non-hydrogen) atoms. The highest BCUT2D eigenvalue weighted by Crippen LogP contribution is 2.28. The van der Waals surface area contributed by atoms with Crippen LogP contribution in [-0.2, 0) is 6.54 Å². The molecule has 0 amide bonds. The molecule has 0 spiro atoms. The van der Waals surface area contributed by atoms with Crippen LogP contribution < -0.4 is 10.2 Å². The number of nitrogens with zero attached hydrogens (tertiary/aromatic N) is 1. The Morgan fingerprint density at radius 1 is 1.14 bits per heavy atom. The number of nitrogens with one attached hydrogen (secondary N) is 1. The van der Waals surface area contributed by atoms with Crippen molar-refractivity contribution in [2.45, 2.75) is 57.5 Å². The number of benzene rings is 1. The molecule has 1 N–H and O–H groups in total. The molecular weight excluding hydrogens is 324 g/mol. The van der Waals surface area contributed by atoms with E-state index in [1.807, 2.05) is 0 Å². The van der Waals surface area contributed by atoms with Crippen molar-refractivity contribution in [3.05, 3.63) is 28.2 Å². The normalized spacial score (nSPS) is 19.7. The van der Waals surface area contributed by atoms with E-state index in [1.165, 1.54) is 67.2 Å². The van der Waals surface area contributed by atoms with Crippen molar-refractivity contribution in [2.24, 2.45) is 5.92 Å². The van der Waals surface area contributed by atoms with Gasteiger partial charge in [-0.05, 0) is 49.3 Å². The summed E-state index contributed by atoms with van der Waals surface area (Å²) in [4.78, 5) is 2.43. The maximum Gasteiger partial charge on any atom is 0.0375 e. The van der Waals surface area contributed by atoms with E-state index >= 15 is 0 Å². The van der Waals surface area contributed by atoms with E-state index in [1.54, 1.807) is 0 Å². The van der Waals surface area contributed by atoms with Crippen molar-refractivity contribution in [2.75, 3.05) is 18.5 Å². The molecule has 1 aromatic rings. The van der Waals surface area contributed by atoms with Gasteiger partial charge in [-0.2, -0.15) is 0 Å². The molecule has 0 radical (unpaired) electrons. The third-order valence-electron chi connectivity index (χ3n) is 4.89. The van der Waals surface area contributed by atoms with Gasteiger partial charge in [-0.15, -0.1) is 0 Å². The summed E-state index contributed by atoms with van der Waals surface area (Å²) in [6.07, 6.45) is 9.81. The summed E-state index contributed by atoms with van der Waals surface area (Å²) in [5.74, 6) is 0.888. The summed E-state index contributed by atoms with van der Waals surface area (Å²) in [5.41, 5.74) is 2.71. The van der Waals surface area contributed by atoms with Crippen LogP contribution in [0.5, 0.6) is 0 Å². The highest BCUT2D eigenvalue weighted by molar-refractivity contribution is 9.10. The van der Waals surface area contributed by atoms with Gasteiger partial charge >= 0.3 is 0 Å². The number of hydrogen-bond donors (Lipinski definition) is 1. The summed E-state index contributed by atoms with van der Waals surface area (Å²) in [5, 5.41) is 3.58. The molecule has 0 unspecified atom stereocenters. The molecular formula is C18H27BrN2. The van der Waals surface area contributed by atoms with Crippen LogP contribution in [0, 0.1) is 5.92 Å². The first-order chi connectivity index (χ1) is 10.2. The molecule has 2 nitrogen and oxygen atoms in total. The molecule has 0 heterocycles. The topological polar surface area (TPSA) is 15.3 Å². The Morgan fingerprint density at radius 3 is 2.57 bits per heavy atom. The molecule has 0 bridgehead atoms. The van der Waals surface area contributed by atoms with E-state index in [0.29, 0.717) is 0 Å². The molecule has 0 aromatic heterocycles. The van der Waals surface area contributed by atoms with Crippen LogP contribution in [0.1, 0.15) is 50.5 Å². The van der Waals surface area contributed by atoms with Crippen molar-refractivity contribution < 1.29 is 0 Å². The number of hydrogen-bond acceptors (Lipinski definition) is 2. The van der Waals surface area contributed by atoms with Crippen LogP contribution in [0.25, 0.3) is 0 Å². The lowest BCUT2D eigenvalue weighted by atomic mass is 9.89. The van der Waals surface area contributed by atoms with Gasteiger partial charge < -0.3 is 10.2 Å². The van der Waals surface area contributed by atoms with Gasteiger partial charge in [-0.3, -0.25) is 0 Å². The van der Waals surface area contributed by atoms with Crippen LogP contribution in [0.15, 0.2) is 22.7 Å². The average Bonchev–Trinajstić information content (AvgIpc) is 3.31. The average molecular weight is 351 g/mol. The maximum absolute atomic E-state index is 3.74. The first-order valence-corrected chi connectivity index (χ1v) is 9.24. The molecule has 2 aliphatic rings. The highest BCUT2D eigenvalue weighted by Gasteiger charge is 2.20. The molecule has 2 aliphatic carbocycles. The van der Waals surface area contributed by atoms with Crippen LogP contribution >= 0.6 is 15.9 Å². The Morgan fingerprint density at radius 2 is 1.90 bits per heavy atom. The van der Waals surface area contributed by atoms with Gasteiger partial charge in [0.15, 0.2) is 0 Å². The number of rotatable bonds is 6. The summed E-state index contributed by atoms with van der Waals surface area (Å²) in [6.45, 7) is 2.18. The van der Waals surface area contributed by atoms with E-state index < -0.39 is 0 Å². The van der Waals surface area contributed by atoms with Crippen LogP contribution in [0.2, 0.25) is 0 Å². The molecule has 0 saturated heterocycles. The van der Waals surface area contributed by atoms with Gasteiger partial charge in [0, 0.05) is 36.3 Å². The Hall–Kier alpha value is -0.540. The number of anilines is 1. The van der Waals surface area contributed by atoms with Crippen molar-refractivity contribution in [3.8, 4) is 0 Å². The third kappa shape index (κ3) is 4.46. The zero-order valence-electron chi connectivity index (χ0n) is 13.1. The third-order valence-corrected chi connectivity index (χ3v) is 5.63. The summed E-state index contributed by atoms with van der Waals surface area (Å²) >= 11 is 3.74. The lowest BCUT2D eigenvalue weighted by Gasteiger charge is -2.28. The quantitative estimate of drug-likeness (QED) is 0.798. The Labute approximate surface area is 137 Å². The molecule has 2 fully saturated rings. The van der Waals surface area contributed by atoms with Crippen LogP contribution in [0.3, 0.4) is 0 Å². The summed E-state index contributed by atoms with van der Waals surface area (Å²) in [7, 11) is 2.23. The minimum atomic E-state index is 0.769. The fraction of sp³-hybridized carbons (Fsp3) is 0.667. The van der Waals surface area contributed by atoms with Crippen molar-refractivity contribution in [1.29, 1.82) is 0 Å². The number of halogens is 1. The van der Waals surface area contributed by atoms with Crippen LogP contribution in [-0.4, -0.2) is 19.6 Å². The first kappa shape index (κ1) is 15.4. The molecule has 2 saturated carbocycles. The van der Waals surface area contributed by atoms with Crippen molar-refractivity contribution in [3.63, 3.8) is 0 Å². The first-order valence-electron chi connectivity index (χ1n) is 8.45. The second-order valence-corrected chi connectivity index (χ2v) is 7.67. The van der Waals surface area contributed by atoms with E-state index in [4.69, 9.17) is 0 Å². The standard InChI is InChI=1S/C18H27BrN2/c1-21(13-14-5-3-2-4-6-14)17-10-7-15(18(19)11-17)12-20-16-8-9-16/h7,10-11,14,16,20H,2-6,8-9,12-13H2,1H3. The molecule has 1 aromatic carbocycles.